The van der Waals surface area contributed by atoms with Crippen LogP contribution in [-0.2, 0) is 11.3 Å². The maximum absolute atomic E-state index is 12.7. The van der Waals surface area contributed by atoms with Gasteiger partial charge in [0.1, 0.15) is 5.82 Å². The van der Waals surface area contributed by atoms with Gasteiger partial charge in [0.2, 0.25) is 5.91 Å². The van der Waals surface area contributed by atoms with E-state index in [1.54, 1.807) is 6.07 Å². The van der Waals surface area contributed by atoms with Crippen LogP contribution >= 0.6 is 0 Å². The molecule has 4 nitrogen and oxygen atoms in total. The number of hydrogen-bond donors (Lipinski definition) is 1. The number of carbonyl (C=O) groups excluding carboxylic acids is 1. The Labute approximate surface area is 93.5 Å². The van der Waals surface area contributed by atoms with Crippen molar-refractivity contribution in [1.29, 1.82) is 0 Å². The molecule has 1 fully saturated rings. The number of hydrogen-bond acceptors (Lipinski definition) is 3. The number of halogens is 1. The standard InChI is InChI=1S/C11H14FN3O/c12-9-1-2-10(14-7-9)8-15-5-3-11(16)13-4-6-15/h1-2,7H,3-6,8H2,(H,13,16). The van der Waals surface area contributed by atoms with E-state index in [0.717, 1.165) is 18.8 Å². The van der Waals surface area contributed by atoms with Crippen LogP contribution in [0, 0.1) is 5.82 Å². The Kier molecular flexibility index (Phi) is 3.46. The van der Waals surface area contributed by atoms with Gasteiger partial charge in [0.25, 0.3) is 0 Å². The van der Waals surface area contributed by atoms with Crippen molar-refractivity contribution in [2.24, 2.45) is 0 Å². The van der Waals surface area contributed by atoms with Gasteiger partial charge in [0, 0.05) is 32.6 Å². The van der Waals surface area contributed by atoms with E-state index in [0.29, 0.717) is 19.5 Å². The number of pyridine rings is 1. The molecule has 16 heavy (non-hydrogen) atoms. The van der Waals surface area contributed by atoms with E-state index in [1.807, 2.05) is 0 Å². The summed E-state index contributed by atoms with van der Waals surface area (Å²) in [5.74, 6) is -0.231. The summed E-state index contributed by atoms with van der Waals surface area (Å²) in [6.07, 6.45) is 1.73. The van der Waals surface area contributed by atoms with Crippen LogP contribution < -0.4 is 5.32 Å². The first kappa shape index (κ1) is 11.0. The van der Waals surface area contributed by atoms with Crippen LogP contribution in [0.15, 0.2) is 18.3 Å². The normalized spacial score (nSPS) is 17.9. The highest BCUT2D eigenvalue weighted by Crippen LogP contribution is 2.05. The van der Waals surface area contributed by atoms with Crippen LogP contribution in [0.4, 0.5) is 4.39 Å². The van der Waals surface area contributed by atoms with Gasteiger partial charge in [0.15, 0.2) is 0 Å². The summed E-state index contributed by atoms with van der Waals surface area (Å²) in [6.45, 7) is 2.87. The first-order valence-electron chi connectivity index (χ1n) is 5.33. The van der Waals surface area contributed by atoms with Gasteiger partial charge in [-0.1, -0.05) is 0 Å². The van der Waals surface area contributed by atoms with Gasteiger partial charge in [-0.25, -0.2) is 4.39 Å². The highest BCUT2D eigenvalue weighted by atomic mass is 19.1. The van der Waals surface area contributed by atoms with Crippen molar-refractivity contribution in [3.05, 3.63) is 29.8 Å². The van der Waals surface area contributed by atoms with Crippen molar-refractivity contribution in [3.63, 3.8) is 0 Å². The summed E-state index contributed by atoms with van der Waals surface area (Å²) in [4.78, 5) is 17.3. The fraction of sp³-hybridized carbons (Fsp3) is 0.455. The zero-order valence-corrected chi connectivity index (χ0v) is 8.95. The average Bonchev–Trinajstić information content (AvgIpc) is 2.47. The Morgan fingerprint density at radius 2 is 2.31 bits per heavy atom. The fourth-order valence-electron chi connectivity index (χ4n) is 1.70. The van der Waals surface area contributed by atoms with Crippen molar-refractivity contribution < 1.29 is 9.18 Å². The Bertz CT molecular complexity index is 366. The molecule has 0 bridgehead atoms. The summed E-state index contributed by atoms with van der Waals surface area (Å²) in [5.41, 5.74) is 0.829. The lowest BCUT2D eigenvalue weighted by molar-refractivity contribution is -0.120. The lowest BCUT2D eigenvalue weighted by Crippen LogP contribution is -2.28. The predicted octanol–water partition coefficient (Wildman–Crippen LogP) is 0.543. The lowest BCUT2D eigenvalue weighted by Gasteiger charge is -2.17. The summed E-state index contributed by atoms with van der Waals surface area (Å²) in [6, 6.07) is 3.08. The molecule has 0 radical (unpaired) electrons. The molecular weight excluding hydrogens is 209 g/mol. The summed E-state index contributed by atoms with van der Waals surface area (Å²) >= 11 is 0. The lowest BCUT2D eigenvalue weighted by atomic mass is 10.3. The van der Waals surface area contributed by atoms with Crippen LogP contribution in [-0.4, -0.2) is 35.4 Å². The molecule has 1 amide bonds. The molecule has 0 aromatic carbocycles. The van der Waals surface area contributed by atoms with Crippen LogP contribution in [0.5, 0.6) is 0 Å². The largest absolute Gasteiger partial charge is 0.355 e. The maximum Gasteiger partial charge on any atom is 0.221 e. The van der Waals surface area contributed by atoms with Crippen molar-refractivity contribution >= 4 is 5.91 Å². The fourth-order valence-corrected chi connectivity index (χ4v) is 1.70. The van der Waals surface area contributed by atoms with Gasteiger partial charge < -0.3 is 5.32 Å². The smallest absolute Gasteiger partial charge is 0.221 e. The van der Waals surface area contributed by atoms with E-state index in [1.165, 1.54) is 12.3 Å². The predicted molar refractivity (Wildman–Crippen MR) is 57.1 cm³/mol. The van der Waals surface area contributed by atoms with Gasteiger partial charge in [0.05, 0.1) is 11.9 Å². The Morgan fingerprint density at radius 3 is 3.06 bits per heavy atom. The van der Waals surface area contributed by atoms with Crippen molar-refractivity contribution in [1.82, 2.24) is 15.2 Å². The quantitative estimate of drug-likeness (QED) is 0.796. The molecule has 1 aliphatic heterocycles. The second-order valence-electron chi connectivity index (χ2n) is 3.84. The zero-order valence-electron chi connectivity index (χ0n) is 8.95. The van der Waals surface area contributed by atoms with Crippen LogP contribution in [0.3, 0.4) is 0 Å². The monoisotopic (exact) mass is 223 g/mol. The minimum absolute atomic E-state index is 0.0922. The minimum atomic E-state index is -0.323. The average molecular weight is 223 g/mol. The molecule has 0 unspecified atom stereocenters. The van der Waals surface area contributed by atoms with Crippen molar-refractivity contribution in [3.8, 4) is 0 Å². The van der Waals surface area contributed by atoms with Crippen LogP contribution in [0.2, 0.25) is 0 Å². The zero-order chi connectivity index (χ0) is 11.4. The summed E-state index contributed by atoms with van der Waals surface area (Å²) in [5, 5.41) is 2.81. The third-order valence-corrected chi connectivity index (χ3v) is 2.58. The van der Waals surface area contributed by atoms with Gasteiger partial charge in [-0.2, -0.15) is 0 Å². The van der Waals surface area contributed by atoms with Crippen molar-refractivity contribution in [2.75, 3.05) is 19.6 Å². The van der Waals surface area contributed by atoms with Crippen LogP contribution in [0.25, 0.3) is 0 Å². The molecule has 2 rings (SSSR count). The molecule has 2 heterocycles. The Hall–Kier alpha value is -1.49. The van der Waals surface area contributed by atoms with Gasteiger partial charge in [-0.3, -0.25) is 14.7 Å². The Balaban J connectivity index is 1.93. The number of aromatic nitrogens is 1. The first-order chi connectivity index (χ1) is 7.74. The first-order valence-corrected chi connectivity index (χ1v) is 5.33. The summed E-state index contributed by atoms with van der Waals surface area (Å²) in [7, 11) is 0. The van der Waals surface area contributed by atoms with E-state index in [2.05, 4.69) is 15.2 Å². The van der Waals surface area contributed by atoms with E-state index >= 15 is 0 Å². The van der Waals surface area contributed by atoms with Crippen LogP contribution in [0.1, 0.15) is 12.1 Å². The Morgan fingerprint density at radius 1 is 1.44 bits per heavy atom. The molecule has 0 atom stereocenters. The number of carbonyl (C=O) groups is 1. The number of nitrogens with one attached hydrogen (secondary N) is 1. The molecule has 0 saturated carbocycles. The van der Waals surface area contributed by atoms with Gasteiger partial charge in [-0.15, -0.1) is 0 Å². The van der Waals surface area contributed by atoms with Gasteiger partial charge in [-0.05, 0) is 12.1 Å². The molecule has 1 aromatic heterocycles. The minimum Gasteiger partial charge on any atom is -0.355 e. The second kappa shape index (κ2) is 5.03. The van der Waals surface area contributed by atoms with Gasteiger partial charge >= 0.3 is 0 Å². The topological polar surface area (TPSA) is 45.2 Å². The molecule has 5 heteroatoms. The van der Waals surface area contributed by atoms with E-state index in [9.17, 15) is 9.18 Å². The molecule has 1 N–H and O–H groups in total. The molecule has 86 valence electrons. The SMILES string of the molecule is O=C1CCN(Cc2ccc(F)cn2)CCN1. The number of nitrogens with zero attached hydrogens (tertiary/aromatic N) is 2. The molecule has 1 aromatic rings. The van der Waals surface area contributed by atoms with E-state index < -0.39 is 0 Å². The maximum atomic E-state index is 12.7. The highest BCUT2D eigenvalue weighted by molar-refractivity contribution is 5.76. The molecule has 0 aliphatic carbocycles. The third kappa shape index (κ3) is 3.00. The number of amides is 1. The third-order valence-electron chi connectivity index (χ3n) is 2.58. The number of rotatable bonds is 2. The second-order valence-corrected chi connectivity index (χ2v) is 3.84. The van der Waals surface area contributed by atoms with Crippen molar-refractivity contribution in [2.45, 2.75) is 13.0 Å². The van der Waals surface area contributed by atoms with E-state index in [4.69, 9.17) is 0 Å². The summed E-state index contributed by atoms with van der Waals surface area (Å²) < 4.78 is 12.7. The van der Waals surface area contributed by atoms with E-state index in [-0.39, 0.29) is 11.7 Å². The molecule has 1 aliphatic rings. The highest BCUT2D eigenvalue weighted by Gasteiger charge is 2.13. The molecule has 1 saturated heterocycles. The molecule has 0 spiro atoms. The molecular formula is C11H14FN3O.